The van der Waals surface area contributed by atoms with Crippen molar-refractivity contribution in [1.82, 2.24) is 5.32 Å². The van der Waals surface area contributed by atoms with E-state index >= 15 is 0 Å². The van der Waals surface area contributed by atoms with Gasteiger partial charge < -0.3 is 25.6 Å². The Morgan fingerprint density at radius 2 is 1.90 bits per heavy atom. The molecule has 0 aliphatic carbocycles. The van der Waals surface area contributed by atoms with Crippen molar-refractivity contribution in [2.75, 3.05) is 33.0 Å². The number of aliphatic hydroxyl groups excluding tert-OH is 1. The first kappa shape index (κ1) is 19.3. The maximum absolute atomic E-state index is 11.2. The van der Waals surface area contributed by atoms with Crippen molar-refractivity contribution >= 4 is 5.91 Å². The van der Waals surface area contributed by atoms with Gasteiger partial charge >= 0.3 is 0 Å². The number of nitrogens with one attached hydrogen (secondary N) is 1. The van der Waals surface area contributed by atoms with E-state index in [9.17, 15) is 9.90 Å². The summed E-state index contributed by atoms with van der Waals surface area (Å²) in [5, 5.41) is 12.7. The van der Waals surface area contributed by atoms with E-state index in [1.54, 1.807) is 0 Å². The normalized spacial score (nSPS) is 14.4. The van der Waals surface area contributed by atoms with Gasteiger partial charge in [0.15, 0.2) is 0 Å². The molecule has 0 radical (unpaired) electrons. The Labute approximate surface area is 122 Å². The molecule has 0 aromatic heterocycles. The Hall–Kier alpha value is -0.690. The average molecular weight is 290 g/mol. The lowest BCUT2D eigenvalue weighted by molar-refractivity contribution is -0.121. The molecule has 20 heavy (non-hydrogen) atoms. The Kier molecular flexibility index (Phi) is 11.7. The van der Waals surface area contributed by atoms with Crippen LogP contribution in [0.4, 0.5) is 0 Å². The highest BCUT2D eigenvalue weighted by atomic mass is 16.5. The van der Waals surface area contributed by atoms with E-state index < -0.39 is 18.1 Å². The second-order valence-electron chi connectivity index (χ2n) is 5.23. The maximum Gasteiger partial charge on any atom is 0.234 e. The number of aliphatic hydroxyl groups is 1. The van der Waals surface area contributed by atoms with Crippen molar-refractivity contribution in [2.24, 2.45) is 11.7 Å². The number of hydrogen-bond acceptors (Lipinski definition) is 5. The van der Waals surface area contributed by atoms with Crippen LogP contribution in [0, 0.1) is 5.92 Å². The topological polar surface area (TPSA) is 93.8 Å². The lowest BCUT2D eigenvalue weighted by Crippen LogP contribution is -2.48. The van der Waals surface area contributed by atoms with Crippen LogP contribution in [0.2, 0.25) is 0 Å². The highest BCUT2D eigenvalue weighted by molar-refractivity contribution is 5.80. The largest absolute Gasteiger partial charge is 0.389 e. The molecule has 0 saturated heterocycles. The number of primary amides is 1. The standard InChI is InChI=1S/C14H30N2O4/c1-4-5-6-19-7-8-20-10-12(17)9-16-13(11(2)3)14(15)18/h11-13,16-17H,4-10H2,1-3H3,(H2,15,18). The fraction of sp³-hybridized carbons (Fsp3) is 0.929. The summed E-state index contributed by atoms with van der Waals surface area (Å²) in [7, 11) is 0. The molecular weight excluding hydrogens is 260 g/mol. The van der Waals surface area contributed by atoms with Crippen LogP contribution in [0.5, 0.6) is 0 Å². The number of carbonyl (C=O) groups excluding carboxylic acids is 1. The summed E-state index contributed by atoms with van der Waals surface area (Å²) in [6.45, 7) is 8.16. The molecule has 0 fully saturated rings. The molecule has 0 heterocycles. The van der Waals surface area contributed by atoms with Gasteiger partial charge in [0.05, 0.1) is 32.0 Å². The first-order valence-corrected chi connectivity index (χ1v) is 7.35. The molecule has 120 valence electrons. The van der Waals surface area contributed by atoms with Crippen molar-refractivity contribution in [3.63, 3.8) is 0 Å². The van der Waals surface area contributed by atoms with Gasteiger partial charge in [-0.15, -0.1) is 0 Å². The fourth-order valence-corrected chi connectivity index (χ4v) is 1.67. The summed E-state index contributed by atoms with van der Waals surface area (Å²) >= 11 is 0. The van der Waals surface area contributed by atoms with E-state index in [4.69, 9.17) is 15.2 Å². The predicted molar refractivity (Wildman–Crippen MR) is 78.4 cm³/mol. The van der Waals surface area contributed by atoms with Gasteiger partial charge in [-0.25, -0.2) is 0 Å². The molecule has 0 aliphatic heterocycles. The van der Waals surface area contributed by atoms with Gasteiger partial charge in [0.1, 0.15) is 0 Å². The van der Waals surface area contributed by atoms with Crippen molar-refractivity contribution < 1.29 is 19.4 Å². The molecule has 6 heteroatoms. The van der Waals surface area contributed by atoms with Crippen molar-refractivity contribution in [3.05, 3.63) is 0 Å². The third kappa shape index (κ3) is 10.1. The monoisotopic (exact) mass is 290 g/mol. The predicted octanol–water partition coefficient (Wildman–Crippen LogP) is 0.280. The van der Waals surface area contributed by atoms with Crippen LogP contribution in [0.25, 0.3) is 0 Å². The number of hydrogen-bond donors (Lipinski definition) is 3. The summed E-state index contributed by atoms with van der Waals surface area (Å²) in [6.07, 6.45) is 1.50. The van der Waals surface area contributed by atoms with E-state index in [0.29, 0.717) is 13.2 Å². The average Bonchev–Trinajstić information content (AvgIpc) is 2.37. The molecule has 0 saturated carbocycles. The SMILES string of the molecule is CCCCOCCOCC(O)CNC(C(N)=O)C(C)C. The van der Waals surface area contributed by atoms with Crippen LogP contribution in [0.3, 0.4) is 0 Å². The van der Waals surface area contributed by atoms with Crippen LogP contribution in [-0.4, -0.2) is 56.1 Å². The molecule has 6 nitrogen and oxygen atoms in total. The molecule has 4 N–H and O–H groups in total. The van der Waals surface area contributed by atoms with Gasteiger partial charge in [-0.3, -0.25) is 4.79 Å². The van der Waals surface area contributed by atoms with Crippen LogP contribution >= 0.6 is 0 Å². The molecule has 0 spiro atoms. The first-order valence-electron chi connectivity index (χ1n) is 7.35. The number of carbonyl (C=O) groups is 1. The molecule has 0 rings (SSSR count). The minimum Gasteiger partial charge on any atom is -0.389 e. The van der Waals surface area contributed by atoms with E-state index in [1.807, 2.05) is 13.8 Å². The van der Waals surface area contributed by atoms with E-state index in [2.05, 4.69) is 12.2 Å². The van der Waals surface area contributed by atoms with Gasteiger partial charge in [0.2, 0.25) is 5.91 Å². The maximum atomic E-state index is 11.2. The van der Waals surface area contributed by atoms with E-state index in [0.717, 1.165) is 19.4 Å². The second kappa shape index (κ2) is 12.1. The Balaban J connectivity index is 3.58. The number of amides is 1. The minimum absolute atomic E-state index is 0.0904. The zero-order valence-corrected chi connectivity index (χ0v) is 12.9. The first-order chi connectivity index (χ1) is 9.49. The number of unbranched alkanes of at least 4 members (excludes halogenated alkanes) is 1. The minimum atomic E-state index is -0.661. The highest BCUT2D eigenvalue weighted by Gasteiger charge is 2.19. The molecule has 0 aromatic carbocycles. The van der Waals surface area contributed by atoms with Crippen LogP contribution in [0.15, 0.2) is 0 Å². The lowest BCUT2D eigenvalue weighted by atomic mass is 10.0. The zero-order valence-electron chi connectivity index (χ0n) is 12.9. The number of rotatable bonds is 13. The van der Waals surface area contributed by atoms with Gasteiger partial charge in [0.25, 0.3) is 0 Å². The molecule has 1 amide bonds. The van der Waals surface area contributed by atoms with Crippen molar-refractivity contribution in [3.8, 4) is 0 Å². The van der Waals surface area contributed by atoms with Crippen LogP contribution < -0.4 is 11.1 Å². The highest BCUT2D eigenvalue weighted by Crippen LogP contribution is 2.00. The Morgan fingerprint density at radius 3 is 2.45 bits per heavy atom. The second-order valence-corrected chi connectivity index (χ2v) is 5.23. The van der Waals surface area contributed by atoms with Gasteiger partial charge in [-0.05, 0) is 12.3 Å². The molecule has 0 aromatic rings. The Bertz CT molecular complexity index is 249. The van der Waals surface area contributed by atoms with Crippen LogP contribution in [0.1, 0.15) is 33.6 Å². The summed E-state index contributed by atoms with van der Waals surface area (Å²) in [4.78, 5) is 11.2. The zero-order chi connectivity index (χ0) is 15.4. The number of nitrogens with two attached hydrogens (primary N) is 1. The van der Waals surface area contributed by atoms with Crippen molar-refractivity contribution in [2.45, 2.75) is 45.8 Å². The Morgan fingerprint density at radius 1 is 1.25 bits per heavy atom. The molecule has 2 unspecified atom stereocenters. The fourth-order valence-electron chi connectivity index (χ4n) is 1.67. The summed E-state index contributed by atoms with van der Waals surface area (Å²) in [5.41, 5.74) is 5.27. The summed E-state index contributed by atoms with van der Waals surface area (Å²) < 4.78 is 10.6. The van der Waals surface area contributed by atoms with Crippen molar-refractivity contribution in [1.29, 1.82) is 0 Å². The molecule has 0 bridgehead atoms. The summed E-state index contributed by atoms with van der Waals surface area (Å²) in [6, 6.07) is -0.429. The lowest BCUT2D eigenvalue weighted by Gasteiger charge is -2.21. The van der Waals surface area contributed by atoms with Gasteiger partial charge in [-0.1, -0.05) is 27.2 Å². The van der Waals surface area contributed by atoms with E-state index in [-0.39, 0.29) is 19.1 Å². The molecule has 2 atom stereocenters. The molecule has 0 aliphatic rings. The third-order valence-electron chi connectivity index (χ3n) is 2.87. The van der Waals surface area contributed by atoms with Crippen LogP contribution in [-0.2, 0) is 14.3 Å². The molecular formula is C14H30N2O4. The van der Waals surface area contributed by atoms with Gasteiger partial charge in [-0.2, -0.15) is 0 Å². The van der Waals surface area contributed by atoms with Gasteiger partial charge in [0, 0.05) is 13.2 Å². The quantitative estimate of drug-likeness (QED) is 0.424. The summed E-state index contributed by atoms with van der Waals surface area (Å²) in [5.74, 6) is -0.315. The number of ether oxygens (including phenoxy) is 2. The smallest absolute Gasteiger partial charge is 0.234 e. The third-order valence-corrected chi connectivity index (χ3v) is 2.87. The van der Waals surface area contributed by atoms with E-state index in [1.165, 1.54) is 0 Å².